The molecular weight excluding hydrogens is 320 g/mol. The van der Waals surface area contributed by atoms with Crippen molar-refractivity contribution in [1.29, 1.82) is 0 Å². The second-order valence-corrected chi connectivity index (χ2v) is 9.00. The van der Waals surface area contributed by atoms with Gasteiger partial charge in [-0.3, -0.25) is 4.72 Å². The van der Waals surface area contributed by atoms with E-state index >= 15 is 0 Å². The summed E-state index contributed by atoms with van der Waals surface area (Å²) in [7, 11) is -6.91. The molecule has 0 aliphatic carbocycles. The smallest absolute Gasteiger partial charge is 0.354 e. The van der Waals surface area contributed by atoms with Gasteiger partial charge in [0, 0.05) is 6.20 Å². The number of carbonyl (C=O) groups is 1. The molecule has 8 nitrogen and oxygen atoms in total. The fourth-order valence-corrected chi connectivity index (χ4v) is 5.31. The second kappa shape index (κ2) is 5.60. The maximum absolute atomic E-state index is 12.2. The van der Waals surface area contributed by atoms with E-state index in [1.165, 1.54) is 12.3 Å². The summed E-state index contributed by atoms with van der Waals surface area (Å²) in [4.78, 5) is 14.4. The molecule has 1 aliphatic heterocycles. The second-order valence-electron chi connectivity index (χ2n) is 4.73. The number of pyridine rings is 1. The van der Waals surface area contributed by atoms with Crippen molar-refractivity contribution >= 4 is 31.5 Å². The SMILES string of the molecule is O=C(O)c1cc(NS(=O)(=O)C2CCS(=O)(=O)CC2)ccn1. The van der Waals surface area contributed by atoms with Crippen molar-refractivity contribution in [2.75, 3.05) is 16.2 Å². The van der Waals surface area contributed by atoms with Gasteiger partial charge in [0.25, 0.3) is 0 Å². The number of hydrogen-bond acceptors (Lipinski definition) is 6. The number of nitrogens with zero attached hydrogens (tertiary/aromatic N) is 1. The zero-order chi connectivity index (χ0) is 15.7. The first kappa shape index (κ1) is 15.7. The highest BCUT2D eigenvalue weighted by molar-refractivity contribution is 7.94. The first-order chi connectivity index (χ1) is 9.70. The number of sulfonamides is 1. The molecule has 21 heavy (non-hydrogen) atoms. The quantitative estimate of drug-likeness (QED) is 0.798. The highest BCUT2D eigenvalue weighted by Gasteiger charge is 2.32. The largest absolute Gasteiger partial charge is 0.477 e. The molecule has 1 saturated heterocycles. The normalized spacial score (nSPS) is 19.0. The molecule has 0 atom stereocenters. The lowest BCUT2D eigenvalue weighted by Gasteiger charge is -2.22. The highest BCUT2D eigenvalue weighted by Crippen LogP contribution is 2.21. The van der Waals surface area contributed by atoms with E-state index in [9.17, 15) is 21.6 Å². The molecule has 10 heteroatoms. The van der Waals surface area contributed by atoms with Gasteiger partial charge in [-0.05, 0) is 25.0 Å². The first-order valence-electron chi connectivity index (χ1n) is 6.11. The minimum atomic E-state index is -3.76. The summed E-state index contributed by atoms with van der Waals surface area (Å²) in [6.07, 6.45) is 1.26. The Hall–Kier alpha value is -1.68. The topological polar surface area (TPSA) is 130 Å². The predicted molar refractivity (Wildman–Crippen MR) is 75.4 cm³/mol. The van der Waals surface area contributed by atoms with E-state index in [1.807, 2.05) is 0 Å². The van der Waals surface area contributed by atoms with Gasteiger partial charge in [0.2, 0.25) is 10.0 Å². The van der Waals surface area contributed by atoms with Crippen LogP contribution in [-0.4, -0.2) is 49.7 Å². The van der Waals surface area contributed by atoms with Crippen molar-refractivity contribution in [3.63, 3.8) is 0 Å². The predicted octanol–water partition coefficient (Wildman–Crippen LogP) is 0.0987. The van der Waals surface area contributed by atoms with Crippen LogP contribution in [0.15, 0.2) is 18.3 Å². The number of nitrogens with one attached hydrogen (secondary N) is 1. The van der Waals surface area contributed by atoms with Crippen LogP contribution in [0.25, 0.3) is 0 Å². The first-order valence-corrected chi connectivity index (χ1v) is 9.48. The van der Waals surface area contributed by atoms with Crippen molar-refractivity contribution in [2.24, 2.45) is 0 Å². The molecule has 0 bridgehead atoms. The fraction of sp³-hybridized carbons (Fsp3) is 0.455. The van der Waals surface area contributed by atoms with Gasteiger partial charge in [-0.2, -0.15) is 0 Å². The monoisotopic (exact) mass is 334 g/mol. The van der Waals surface area contributed by atoms with Crippen LogP contribution in [0.5, 0.6) is 0 Å². The lowest BCUT2D eigenvalue weighted by molar-refractivity contribution is 0.0690. The van der Waals surface area contributed by atoms with Crippen molar-refractivity contribution in [2.45, 2.75) is 18.1 Å². The summed E-state index contributed by atoms with van der Waals surface area (Å²) in [5, 5.41) is 8.00. The molecular formula is C11H14N2O6S2. The molecule has 0 spiro atoms. The Kier molecular flexibility index (Phi) is 4.19. The molecule has 2 rings (SSSR count). The van der Waals surface area contributed by atoms with E-state index in [2.05, 4.69) is 9.71 Å². The lowest BCUT2D eigenvalue weighted by atomic mass is 10.2. The van der Waals surface area contributed by atoms with Gasteiger partial charge >= 0.3 is 5.97 Å². The number of carboxylic acid groups (broad SMARTS) is 1. The third-order valence-corrected chi connectivity index (χ3v) is 6.76. The van der Waals surface area contributed by atoms with Gasteiger partial charge in [0.15, 0.2) is 0 Å². The number of aromatic carboxylic acids is 1. The molecule has 1 aromatic heterocycles. The molecule has 0 saturated carbocycles. The summed E-state index contributed by atoms with van der Waals surface area (Å²) in [5.74, 6) is -1.58. The van der Waals surface area contributed by atoms with Crippen LogP contribution in [0, 0.1) is 0 Å². The van der Waals surface area contributed by atoms with E-state index in [0.717, 1.165) is 6.07 Å². The van der Waals surface area contributed by atoms with Crippen LogP contribution in [0.2, 0.25) is 0 Å². The molecule has 1 aliphatic rings. The average molecular weight is 334 g/mol. The Bertz CT molecular complexity index is 743. The minimum absolute atomic E-state index is 0.0362. The zero-order valence-corrected chi connectivity index (χ0v) is 12.5. The molecule has 0 amide bonds. The van der Waals surface area contributed by atoms with Crippen LogP contribution in [0.3, 0.4) is 0 Å². The van der Waals surface area contributed by atoms with Gasteiger partial charge in [0.05, 0.1) is 22.4 Å². The van der Waals surface area contributed by atoms with E-state index in [1.54, 1.807) is 0 Å². The Morgan fingerprint density at radius 2 is 1.95 bits per heavy atom. The number of hydrogen-bond donors (Lipinski definition) is 2. The summed E-state index contributed by atoms with van der Waals surface area (Å²) >= 11 is 0. The molecule has 2 heterocycles. The number of sulfone groups is 1. The number of carboxylic acids is 1. The summed E-state index contributed by atoms with van der Waals surface area (Å²) < 4.78 is 49.3. The molecule has 0 unspecified atom stereocenters. The highest BCUT2D eigenvalue weighted by atomic mass is 32.2. The van der Waals surface area contributed by atoms with E-state index in [0.29, 0.717) is 0 Å². The van der Waals surface area contributed by atoms with Gasteiger partial charge in [-0.15, -0.1) is 0 Å². The molecule has 0 radical (unpaired) electrons. The number of anilines is 1. The van der Waals surface area contributed by atoms with Crippen LogP contribution in [-0.2, 0) is 19.9 Å². The van der Waals surface area contributed by atoms with Gasteiger partial charge < -0.3 is 5.11 Å². The molecule has 1 aromatic rings. The zero-order valence-electron chi connectivity index (χ0n) is 10.9. The summed E-state index contributed by atoms with van der Waals surface area (Å²) in [5.41, 5.74) is -0.183. The van der Waals surface area contributed by atoms with E-state index in [-0.39, 0.29) is 35.7 Å². The summed E-state index contributed by atoms with van der Waals surface area (Å²) in [6.45, 7) is 0. The lowest BCUT2D eigenvalue weighted by Crippen LogP contribution is -2.36. The minimum Gasteiger partial charge on any atom is -0.477 e. The Balaban J connectivity index is 2.15. The Labute approximate surface area is 122 Å². The standard InChI is InChI=1S/C11H14N2O6S2/c14-11(15)10-7-8(1-4-12-10)13-21(18,19)9-2-5-20(16,17)6-3-9/h1,4,7,9H,2-3,5-6H2,(H,12,13)(H,14,15). The third-order valence-electron chi connectivity index (χ3n) is 3.18. The van der Waals surface area contributed by atoms with Gasteiger partial charge in [-0.1, -0.05) is 0 Å². The molecule has 0 aromatic carbocycles. The maximum Gasteiger partial charge on any atom is 0.354 e. The van der Waals surface area contributed by atoms with Crippen LogP contribution in [0.4, 0.5) is 5.69 Å². The Morgan fingerprint density at radius 1 is 1.33 bits per heavy atom. The molecule has 2 N–H and O–H groups in total. The van der Waals surface area contributed by atoms with E-state index < -0.39 is 31.1 Å². The van der Waals surface area contributed by atoms with Gasteiger partial charge in [0.1, 0.15) is 15.5 Å². The third kappa shape index (κ3) is 3.91. The fourth-order valence-electron chi connectivity index (χ4n) is 2.04. The van der Waals surface area contributed by atoms with E-state index in [4.69, 9.17) is 5.11 Å². The number of aromatic nitrogens is 1. The number of rotatable bonds is 4. The summed E-state index contributed by atoms with van der Waals surface area (Å²) in [6, 6.07) is 2.45. The van der Waals surface area contributed by atoms with Gasteiger partial charge in [-0.25, -0.2) is 26.6 Å². The molecule has 116 valence electrons. The van der Waals surface area contributed by atoms with Crippen molar-refractivity contribution in [3.8, 4) is 0 Å². The van der Waals surface area contributed by atoms with Crippen LogP contribution in [0.1, 0.15) is 23.3 Å². The van der Waals surface area contributed by atoms with Crippen LogP contribution >= 0.6 is 0 Å². The molecule has 1 fully saturated rings. The maximum atomic E-state index is 12.2. The average Bonchev–Trinajstić information content (AvgIpc) is 2.37. The van der Waals surface area contributed by atoms with Crippen molar-refractivity contribution in [1.82, 2.24) is 4.98 Å². The van der Waals surface area contributed by atoms with Crippen molar-refractivity contribution in [3.05, 3.63) is 24.0 Å². The Morgan fingerprint density at radius 3 is 2.52 bits per heavy atom. The van der Waals surface area contributed by atoms with Crippen LogP contribution < -0.4 is 4.72 Å². The van der Waals surface area contributed by atoms with Crippen molar-refractivity contribution < 1.29 is 26.7 Å².